The number of nitriles is 1. The molecule has 2 aromatic carbocycles. The fourth-order valence-corrected chi connectivity index (χ4v) is 2.45. The van der Waals surface area contributed by atoms with Crippen molar-refractivity contribution in [3.63, 3.8) is 0 Å². The minimum atomic E-state index is -0.450. The maximum atomic E-state index is 12.4. The Balaban J connectivity index is 2.20. The molecule has 27 heavy (non-hydrogen) atoms. The average molecular weight is 364 g/mol. The second kappa shape index (κ2) is 10.0. The summed E-state index contributed by atoms with van der Waals surface area (Å²) in [7, 11) is 1.57. The van der Waals surface area contributed by atoms with E-state index in [0.29, 0.717) is 29.4 Å². The maximum absolute atomic E-state index is 12.4. The fraction of sp³-hybridized carbons (Fsp3) is 0.273. The number of hydrogen-bond acceptors (Lipinski definition) is 4. The lowest BCUT2D eigenvalue weighted by Crippen LogP contribution is -2.13. The molecule has 0 spiro atoms. The third-order valence-corrected chi connectivity index (χ3v) is 3.95. The Morgan fingerprint density at radius 1 is 1.15 bits per heavy atom. The molecular formula is C22H24N2O3. The summed E-state index contributed by atoms with van der Waals surface area (Å²) in [5.41, 5.74) is 2.54. The average Bonchev–Trinajstić information content (AvgIpc) is 2.70. The SMILES string of the molecule is CCCOc1cc(/C=C(\C#N)C(=O)Nc2ccc(CC)cc2)ccc1OC. The molecule has 5 heteroatoms. The van der Waals surface area contributed by atoms with Crippen LogP contribution in [0.3, 0.4) is 0 Å². The molecule has 2 aromatic rings. The predicted octanol–water partition coefficient (Wildman–Crippen LogP) is 4.59. The highest BCUT2D eigenvalue weighted by Gasteiger charge is 2.11. The zero-order valence-corrected chi connectivity index (χ0v) is 15.9. The van der Waals surface area contributed by atoms with Gasteiger partial charge in [0.25, 0.3) is 5.91 Å². The number of amides is 1. The summed E-state index contributed by atoms with van der Waals surface area (Å²) in [6.07, 6.45) is 3.33. The standard InChI is InChI=1S/C22H24N2O3/c1-4-12-27-21-14-17(8-11-20(21)26-3)13-18(15-23)22(25)24-19-9-6-16(5-2)7-10-19/h6-11,13-14H,4-5,12H2,1-3H3,(H,24,25)/b18-13+. The van der Waals surface area contributed by atoms with E-state index in [1.54, 1.807) is 25.3 Å². The van der Waals surface area contributed by atoms with Crippen molar-refractivity contribution in [2.75, 3.05) is 19.0 Å². The molecule has 5 nitrogen and oxygen atoms in total. The van der Waals surface area contributed by atoms with Crippen LogP contribution in [-0.4, -0.2) is 19.6 Å². The van der Waals surface area contributed by atoms with Crippen LogP contribution in [0.15, 0.2) is 48.0 Å². The number of anilines is 1. The molecule has 0 aliphatic heterocycles. The van der Waals surface area contributed by atoms with Crippen molar-refractivity contribution in [3.8, 4) is 17.6 Å². The van der Waals surface area contributed by atoms with E-state index in [4.69, 9.17) is 9.47 Å². The van der Waals surface area contributed by atoms with Gasteiger partial charge >= 0.3 is 0 Å². The monoisotopic (exact) mass is 364 g/mol. The molecular weight excluding hydrogens is 340 g/mol. The molecule has 0 aliphatic rings. The summed E-state index contributed by atoms with van der Waals surface area (Å²) >= 11 is 0. The number of nitrogens with one attached hydrogen (secondary N) is 1. The lowest BCUT2D eigenvalue weighted by Gasteiger charge is -2.11. The van der Waals surface area contributed by atoms with E-state index >= 15 is 0 Å². The molecule has 0 unspecified atom stereocenters. The van der Waals surface area contributed by atoms with Crippen LogP contribution in [0, 0.1) is 11.3 Å². The van der Waals surface area contributed by atoms with Gasteiger partial charge in [-0.2, -0.15) is 5.26 Å². The zero-order chi connectivity index (χ0) is 19.6. The summed E-state index contributed by atoms with van der Waals surface area (Å²) in [6.45, 7) is 4.64. The van der Waals surface area contributed by atoms with Gasteiger partial charge < -0.3 is 14.8 Å². The number of carbonyl (C=O) groups is 1. The molecule has 1 N–H and O–H groups in total. The summed E-state index contributed by atoms with van der Waals surface area (Å²) in [5.74, 6) is 0.745. The van der Waals surface area contributed by atoms with Gasteiger partial charge in [0, 0.05) is 5.69 Å². The van der Waals surface area contributed by atoms with Crippen molar-refractivity contribution in [3.05, 3.63) is 59.2 Å². The molecule has 0 heterocycles. The van der Waals surface area contributed by atoms with Gasteiger partial charge in [0.15, 0.2) is 11.5 Å². The molecule has 0 bridgehead atoms. The molecule has 0 aromatic heterocycles. The normalized spacial score (nSPS) is 10.8. The van der Waals surface area contributed by atoms with Crippen molar-refractivity contribution >= 4 is 17.7 Å². The van der Waals surface area contributed by atoms with Gasteiger partial charge in [0.2, 0.25) is 0 Å². The highest BCUT2D eigenvalue weighted by Crippen LogP contribution is 2.29. The van der Waals surface area contributed by atoms with Crippen LogP contribution in [0.5, 0.6) is 11.5 Å². The number of hydrogen-bond donors (Lipinski definition) is 1. The van der Waals surface area contributed by atoms with Gasteiger partial charge in [-0.1, -0.05) is 32.0 Å². The third-order valence-electron chi connectivity index (χ3n) is 3.95. The second-order valence-corrected chi connectivity index (χ2v) is 5.93. The van der Waals surface area contributed by atoms with E-state index in [1.807, 2.05) is 37.3 Å². The van der Waals surface area contributed by atoms with Crippen molar-refractivity contribution in [1.82, 2.24) is 0 Å². The van der Waals surface area contributed by atoms with E-state index < -0.39 is 5.91 Å². The predicted molar refractivity (Wildman–Crippen MR) is 107 cm³/mol. The largest absolute Gasteiger partial charge is 0.493 e. The lowest BCUT2D eigenvalue weighted by molar-refractivity contribution is -0.112. The molecule has 0 saturated carbocycles. The minimum absolute atomic E-state index is 0.0150. The second-order valence-electron chi connectivity index (χ2n) is 5.93. The third kappa shape index (κ3) is 5.61. The molecule has 0 atom stereocenters. The number of ether oxygens (including phenoxy) is 2. The molecule has 0 saturated heterocycles. The first-order valence-electron chi connectivity index (χ1n) is 8.94. The Morgan fingerprint density at radius 2 is 1.89 bits per heavy atom. The van der Waals surface area contributed by atoms with E-state index in [0.717, 1.165) is 12.8 Å². The molecule has 0 radical (unpaired) electrons. The van der Waals surface area contributed by atoms with Crippen molar-refractivity contribution in [1.29, 1.82) is 5.26 Å². The van der Waals surface area contributed by atoms with Gasteiger partial charge in [-0.15, -0.1) is 0 Å². The highest BCUT2D eigenvalue weighted by molar-refractivity contribution is 6.09. The number of nitrogens with zero attached hydrogens (tertiary/aromatic N) is 1. The van der Waals surface area contributed by atoms with Crippen LogP contribution in [0.4, 0.5) is 5.69 Å². The quantitative estimate of drug-likeness (QED) is 0.549. The van der Waals surface area contributed by atoms with E-state index in [9.17, 15) is 10.1 Å². The van der Waals surface area contributed by atoms with Crippen molar-refractivity contribution in [2.24, 2.45) is 0 Å². The van der Waals surface area contributed by atoms with Gasteiger partial charge in [0.05, 0.1) is 13.7 Å². The van der Waals surface area contributed by atoms with E-state index in [-0.39, 0.29) is 5.57 Å². The summed E-state index contributed by atoms with van der Waals surface area (Å²) in [5, 5.41) is 12.1. The molecule has 0 aliphatic carbocycles. The van der Waals surface area contributed by atoms with Crippen LogP contribution in [0.1, 0.15) is 31.4 Å². The molecule has 1 amide bonds. The number of methoxy groups -OCH3 is 1. The molecule has 0 fully saturated rings. The number of rotatable bonds is 8. The Morgan fingerprint density at radius 3 is 2.48 bits per heavy atom. The Kier molecular flexibility index (Phi) is 7.45. The first-order valence-corrected chi connectivity index (χ1v) is 8.94. The Hall–Kier alpha value is -3.26. The van der Waals surface area contributed by atoms with Gasteiger partial charge in [0.1, 0.15) is 11.6 Å². The zero-order valence-electron chi connectivity index (χ0n) is 15.9. The Bertz CT molecular complexity index is 849. The van der Waals surface area contributed by atoms with Crippen LogP contribution in [-0.2, 0) is 11.2 Å². The van der Waals surface area contributed by atoms with Gasteiger partial charge in [-0.3, -0.25) is 4.79 Å². The summed E-state index contributed by atoms with van der Waals surface area (Å²) in [4.78, 5) is 12.4. The maximum Gasteiger partial charge on any atom is 0.266 e. The molecule has 140 valence electrons. The van der Waals surface area contributed by atoms with Crippen LogP contribution < -0.4 is 14.8 Å². The van der Waals surface area contributed by atoms with Crippen LogP contribution in [0.2, 0.25) is 0 Å². The smallest absolute Gasteiger partial charge is 0.266 e. The highest BCUT2D eigenvalue weighted by atomic mass is 16.5. The fourth-order valence-electron chi connectivity index (χ4n) is 2.45. The first kappa shape index (κ1) is 20.1. The Labute approximate surface area is 160 Å². The minimum Gasteiger partial charge on any atom is -0.493 e. The van der Waals surface area contributed by atoms with E-state index in [1.165, 1.54) is 11.6 Å². The van der Waals surface area contributed by atoms with Crippen LogP contribution >= 0.6 is 0 Å². The topological polar surface area (TPSA) is 71.3 Å². The van der Waals surface area contributed by atoms with Crippen LogP contribution in [0.25, 0.3) is 6.08 Å². The number of benzene rings is 2. The van der Waals surface area contributed by atoms with E-state index in [2.05, 4.69) is 12.2 Å². The molecule has 2 rings (SSSR count). The first-order chi connectivity index (χ1) is 13.1. The summed E-state index contributed by atoms with van der Waals surface area (Å²) in [6, 6.07) is 14.8. The van der Waals surface area contributed by atoms with Gasteiger partial charge in [-0.25, -0.2) is 0 Å². The summed E-state index contributed by atoms with van der Waals surface area (Å²) < 4.78 is 11.0. The number of aryl methyl sites for hydroxylation is 1. The van der Waals surface area contributed by atoms with Crippen molar-refractivity contribution in [2.45, 2.75) is 26.7 Å². The van der Waals surface area contributed by atoms with Crippen molar-refractivity contribution < 1.29 is 14.3 Å². The van der Waals surface area contributed by atoms with Gasteiger partial charge in [-0.05, 0) is 54.3 Å². The lowest BCUT2D eigenvalue weighted by atomic mass is 10.1. The number of carbonyl (C=O) groups excluding carboxylic acids is 1.